The Hall–Kier alpha value is -0.960. The van der Waals surface area contributed by atoms with Gasteiger partial charge in [-0.15, -0.1) is 0 Å². The highest BCUT2D eigenvalue weighted by atomic mass is 19.1. The van der Waals surface area contributed by atoms with E-state index in [4.69, 9.17) is 0 Å². The zero-order chi connectivity index (χ0) is 20.8. The van der Waals surface area contributed by atoms with Gasteiger partial charge in [0.05, 0.1) is 6.17 Å². The lowest BCUT2D eigenvalue weighted by Crippen LogP contribution is -2.73. The molecule has 2 aliphatic carbocycles. The van der Waals surface area contributed by atoms with E-state index in [2.05, 4.69) is 31.5 Å². The van der Waals surface area contributed by atoms with E-state index in [9.17, 15) is 9.18 Å². The Kier molecular flexibility index (Phi) is 8.53. The standard InChI is InChI=1S/C21H41FN6O/c1-14-18(22)19(23-11-6-12-28(2)3)26-20(24-14)27-21(29)25-17-10-9-15-7-4-5-8-16(15)13-17/h14-20,23-24,26H,4-13H2,1-3H3,(H2,25,27,29). The Morgan fingerprint density at radius 2 is 1.83 bits per heavy atom. The van der Waals surface area contributed by atoms with Gasteiger partial charge in [0, 0.05) is 12.1 Å². The van der Waals surface area contributed by atoms with E-state index in [1.807, 2.05) is 21.0 Å². The van der Waals surface area contributed by atoms with Crippen molar-refractivity contribution in [2.24, 2.45) is 11.8 Å². The van der Waals surface area contributed by atoms with E-state index in [1.165, 1.54) is 32.1 Å². The third-order valence-corrected chi connectivity index (χ3v) is 6.87. The molecule has 3 aliphatic rings. The Bertz CT molecular complexity index is 521. The summed E-state index contributed by atoms with van der Waals surface area (Å²) in [5.41, 5.74) is 0. The molecule has 1 aliphatic heterocycles. The van der Waals surface area contributed by atoms with E-state index in [0.717, 1.165) is 44.2 Å². The van der Waals surface area contributed by atoms with Crippen molar-refractivity contribution in [2.75, 3.05) is 27.2 Å². The van der Waals surface area contributed by atoms with Gasteiger partial charge in [-0.1, -0.05) is 25.7 Å². The predicted octanol–water partition coefficient (Wildman–Crippen LogP) is 1.71. The van der Waals surface area contributed by atoms with E-state index in [1.54, 1.807) is 0 Å². The first-order chi connectivity index (χ1) is 13.9. The van der Waals surface area contributed by atoms with Crippen molar-refractivity contribution >= 4 is 6.03 Å². The molecule has 5 N–H and O–H groups in total. The molecule has 0 bridgehead atoms. The van der Waals surface area contributed by atoms with Gasteiger partial charge in [-0.3, -0.25) is 16.0 Å². The normalized spacial score (nSPS) is 37.8. The van der Waals surface area contributed by atoms with Crippen molar-refractivity contribution in [1.29, 1.82) is 0 Å². The fourth-order valence-electron chi connectivity index (χ4n) is 5.23. The quantitative estimate of drug-likeness (QED) is 0.412. The minimum Gasteiger partial charge on any atom is -0.335 e. The van der Waals surface area contributed by atoms with E-state index in [0.29, 0.717) is 0 Å². The van der Waals surface area contributed by atoms with Crippen molar-refractivity contribution in [1.82, 2.24) is 31.5 Å². The average molecular weight is 413 g/mol. The van der Waals surface area contributed by atoms with Gasteiger partial charge in [-0.05, 0) is 71.6 Å². The second-order valence-electron chi connectivity index (χ2n) is 9.52. The molecule has 2 amide bonds. The molecule has 0 aromatic rings. The number of urea groups is 1. The molecule has 7 atom stereocenters. The fourth-order valence-corrected chi connectivity index (χ4v) is 5.23. The number of halogens is 1. The number of carbonyl (C=O) groups excluding carboxylic acids is 1. The molecular formula is C21H41FN6O. The molecule has 7 unspecified atom stereocenters. The highest BCUT2D eigenvalue weighted by molar-refractivity contribution is 5.74. The summed E-state index contributed by atoms with van der Waals surface area (Å²) in [4.78, 5) is 14.7. The van der Waals surface area contributed by atoms with Crippen molar-refractivity contribution in [2.45, 2.75) is 89.0 Å². The number of hydrogen-bond donors (Lipinski definition) is 5. The number of nitrogens with zero attached hydrogens (tertiary/aromatic N) is 1. The van der Waals surface area contributed by atoms with Crippen LogP contribution in [0.15, 0.2) is 0 Å². The minimum atomic E-state index is -1.06. The summed E-state index contributed by atoms with van der Waals surface area (Å²) in [5, 5.41) is 15.6. The highest BCUT2D eigenvalue weighted by Gasteiger charge is 2.36. The Morgan fingerprint density at radius 1 is 1.07 bits per heavy atom. The fraction of sp³-hybridized carbons (Fsp3) is 0.952. The molecule has 7 nitrogen and oxygen atoms in total. The second-order valence-corrected chi connectivity index (χ2v) is 9.52. The zero-order valence-corrected chi connectivity index (χ0v) is 18.3. The number of alkyl halides is 1. The molecule has 0 aromatic heterocycles. The summed E-state index contributed by atoms with van der Waals surface area (Å²) >= 11 is 0. The average Bonchev–Trinajstić information content (AvgIpc) is 2.68. The molecule has 29 heavy (non-hydrogen) atoms. The van der Waals surface area contributed by atoms with E-state index < -0.39 is 18.6 Å². The molecule has 0 spiro atoms. The molecule has 1 saturated heterocycles. The van der Waals surface area contributed by atoms with Crippen LogP contribution in [-0.2, 0) is 0 Å². The van der Waals surface area contributed by atoms with Crippen LogP contribution >= 0.6 is 0 Å². The molecule has 1 heterocycles. The molecule has 0 aromatic carbocycles. The monoisotopic (exact) mass is 412 g/mol. The molecule has 3 fully saturated rings. The Labute approximate surface area is 175 Å². The lowest BCUT2D eigenvalue weighted by molar-refractivity contribution is 0.0921. The maximum Gasteiger partial charge on any atom is 0.317 e. The van der Waals surface area contributed by atoms with Crippen LogP contribution in [0, 0.1) is 11.8 Å². The van der Waals surface area contributed by atoms with E-state index in [-0.39, 0.29) is 18.1 Å². The van der Waals surface area contributed by atoms with Crippen LogP contribution in [0.5, 0.6) is 0 Å². The number of rotatable bonds is 7. The van der Waals surface area contributed by atoms with Gasteiger partial charge in [0.2, 0.25) is 0 Å². The summed E-state index contributed by atoms with van der Waals surface area (Å²) in [5.74, 6) is 1.64. The molecule has 0 radical (unpaired) electrons. The third kappa shape index (κ3) is 6.77. The maximum atomic E-state index is 14.5. The number of hydrogen-bond acceptors (Lipinski definition) is 5. The molecule has 3 rings (SSSR count). The summed E-state index contributed by atoms with van der Waals surface area (Å²) in [6, 6.07) is -0.264. The molecule has 168 valence electrons. The largest absolute Gasteiger partial charge is 0.335 e. The minimum absolute atomic E-state index is 0.176. The van der Waals surface area contributed by atoms with Crippen molar-refractivity contribution in [3.63, 3.8) is 0 Å². The van der Waals surface area contributed by atoms with Crippen LogP contribution in [0.2, 0.25) is 0 Å². The van der Waals surface area contributed by atoms with Crippen LogP contribution in [0.4, 0.5) is 9.18 Å². The number of nitrogens with one attached hydrogen (secondary N) is 5. The SMILES string of the molecule is CC1NC(NC(=O)NC2CCC3CCCCC3C2)NC(NCCCN(C)C)C1F. The first-order valence-corrected chi connectivity index (χ1v) is 11.5. The van der Waals surface area contributed by atoms with Crippen LogP contribution in [0.3, 0.4) is 0 Å². The van der Waals surface area contributed by atoms with Gasteiger partial charge in [0.25, 0.3) is 0 Å². The van der Waals surface area contributed by atoms with Gasteiger partial charge < -0.3 is 15.5 Å². The van der Waals surface area contributed by atoms with E-state index >= 15 is 0 Å². The van der Waals surface area contributed by atoms with Gasteiger partial charge in [-0.25, -0.2) is 9.18 Å². The van der Waals surface area contributed by atoms with Crippen molar-refractivity contribution < 1.29 is 9.18 Å². The first-order valence-electron chi connectivity index (χ1n) is 11.5. The zero-order valence-electron chi connectivity index (χ0n) is 18.3. The van der Waals surface area contributed by atoms with Crippen LogP contribution in [-0.4, -0.2) is 68.8 Å². The first kappa shape index (κ1) is 22.7. The lowest BCUT2D eigenvalue weighted by atomic mass is 9.69. The number of amides is 2. The summed E-state index contributed by atoms with van der Waals surface area (Å²) < 4.78 is 14.5. The van der Waals surface area contributed by atoms with Crippen molar-refractivity contribution in [3.05, 3.63) is 0 Å². The predicted molar refractivity (Wildman–Crippen MR) is 114 cm³/mol. The summed E-state index contributed by atoms with van der Waals surface area (Å²) in [6.45, 7) is 3.50. The highest BCUT2D eigenvalue weighted by Crippen LogP contribution is 2.40. The maximum absolute atomic E-state index is 14.5. The van der Waals surface area contributed by atoms with Gasteiger partial charge in [0.15, 0.2) is 0 Å². The number of fused-ring (bicyclic) bond motifs is 1. The lowest BCUT2D eigenvalue weighted by Gasteiger charge is -2.41. The van der Waals surface area contributed by atoms with Gasteiger partial charge in [0.1, 0.15) is 12.5 Å². The summed E-state index contributed by atoms with van der Waals surface area (Å²) in [6.07, 6.45) is 7.75. The summed E-state index contributed by atoms with van der Waals surface area (Å²) in [7, 11) is 4.06. The molecule has 8 heteroatoms. The molecular weight excluding hydrogens is 371 g/mol. The van der Waals surface area contributed by atoms with Crippen molar-refractivity contribution in [3.8, 4) is 0 Å². The Balaban J connectivity index is 1.41. The van der Waals surface area contributed by atoms with Gasteiger partial charge in [-0.2, -0.15) is 0 Å². The topological polar surface area (TPSA) is 80.5 Å². The van der Waals surface area contributed by atoms with Crippen LogP contribution < -0.4 is 26.6 Å². The third-order valence-electron chi connectivity index (χ3n) is 6.87. The van der Waals surface area contributed by atoms with Crippen LogP contribution in [0.1, 0.15) is 58.3 Å². The van der Waals surface area contributed by atoms with Gasteiger partial charge >= 0.3 is 6.03 Å². The molecule has 2 saturated carbocycles. The van der Waals surface area contributed by atoms with Crippen LogP contribution in [0.25, 0.3) is 0 Å². The Morgan fingerprint density at radius 3 is 2.59 bits per heavy atom. The number of carbonyl (C=O) groups is 1. The smallest absolute Gasteiger partial charge is 0.317 e. The second kappa shape index (κ2) is 10.9.